The summed E-state index contributed by atoms with van der Waals surface area (Å²) in [5.41, 5.74) is 1.35. The molecule has 0 spiro atoms. The maximum absolute atomic E-state index is 12.3. The van der Waals surface area contributed by atoms with Crippen LogP contribution in [0.1, 0.15) is 23.2 Å². The number of amides is 2. The number of anilines is 1. The van der Waals surface area contributed by atoms with Crippen LogP contribution in [0.25, 0.3) is 0 Å². The van der Waals surface area contributed by atoms with Gasteiger partial charge in [0.2, 0.25) is 5.91 Å². The average molecular weight is 377 g/mol. The minimum absolute atomic E-state index is 0.0164. The number of carbonyl (C=O) groups excluding carboxylic acids is 2. The molecule has 120 valence electrons. The Balaban J connectivity index is 1.53. The van der Waals surface area contributed by atoms with E-state index >= 15 is 0 Å². The lowest BCUT2D eigenvalue weighted by Gasteiger charge is -2.31. The number of piperidine rings is 1. The third-order valence-electron chi connectivity index (χ3n) is 4.03. The molecule has 3 rings (SSSR count). The first-order valence-electron chi connectivity index (χ1n) is 7.51. The fraction of sp³-hybridized carbons (Fsp3) is 0.294. The standard InChI is InChI=1S/C17H17BrN2O3/c18-14-1-3-15(4-2-14)19-16(21)12-5-8-20(9-6-12)17(22)13-7-10-23-11-13/h1-4,7,10-12H,5-6,8-9H2,(H,19,21). The summed E-state index contributed by atoms with van der Waals surface area (Å²) in [5, 5.41) is 2.93. The maximum atomic E-state index is 12.3. The van der Waals surface area contributed by atoms with Gasteiger partial charge in [0, 0.05) is 29.2 Å². The van der Waals surface area contributed by atoms with Gasteiger partial charge < -0.3 is 14.6 Å². The molecule has 0 bridgehead atoms. The smallest absolute Gasteiger partial charge is 0.257 e. The number of halogens is 1. The van der Waals surface area contributed by atoms with Crippen LogP contribution in [0.5, 0.6) is 0 Å². The molecule has 1 aromatic heterocycles. The highest BCUT2D eigenvalue weighted by Crippen LogP contribution is 2.22. The van der Waals surface area contributed by atoms with E-state index in [-0.39, 0.29) is 17.7 Å². The van der Waals surface area contributed by atoms with Gasteiger partial charge in [-0.3, -0.25) is 9.59 Å². The van der Waals surface area contributed by atoms with Crippen LogP contribution >= 0.6 is 15.9 Å². The highest BCUT2D eigenvalue weighted by molar-refractivity contribution is 9.10. The number of rotatable bonds is 3. The number of likely N-dealkylation sites (tertiary alicyclic amines) is 1. The van der Waals surface area contributed by atoms with Crippen molar-refractivity contribution in [2.24, 2.45) is 5.92 Å². The van der Waals surface area contributed by atoms with E-state index in [1.54, 1.807) is 11.0 Å². The summed E-state index contributed by atoms with van der Waals surface area (Å²) < 4.78 is 5.92. The molecule has 2 aromatic rings. The topological polar surface area (TPSA) is 62.6 Å². The Morgan fingerprint density at radius 2 is 1.83 bits per heavy atom. The quantitative estimate of drug-likeness (QED) is 0.890. The molecule has 1 N–H and O–H groups in total. The summed E-state index contributed by atoms with van der Waals surface area (Å²) in [6.45, 7) is 1.17. The van der Waals surface area contributed by atoms with E-state index in [2.05, 4.69) is 21.2 Å². The van der Waals surface area contributed by atoms with E-state index in [1.165, 1.54) is 12.5 Å². The van der Waals surface area contributed by atoms with Crippen molar-refractivity contribution in [2.75, 3.05) is 18.4 Å². The molecule has 23 heavy (non-hydrogen) atoms. The Kier molecular flexibility index (Phi) is 4.81. The lowest BCUT2D eigenvalue weighted by Crippen LogP contribution is -2.41. The van der Waals surface area contributed by atoms with Crippen LogP contribution in [-0.4, -0.2) is 29.8 Å². The fourth-order valence-electron chi connectivity index (χ4n) is 2.69. The highest BCUT2D eigenvalue weighted by atomic mass is 79.9. The van der Waals surface area contributed by atoms with Gasteiger partial charge in [-0.15, -0.1) is 0 Å². The summed E-state index contributed by atoms with van der Waals surface area (Å²) >= 11 is 3.37. The fourth-order valence-corrected chi connectivity index (χ4v) is 2.96. The Hall–Kier alpha value is -2.08. The summed E-state index contributed by atoms with van der Waals surface area (Å²) in [6, 6.07) is 9.16. The summed E-state index contributed by atoms with van der Waals surface area (Å²) in [6.07, 6.45) is 4.29. The first kappa shape index (κ1) is 15.8. The van der Waals surface area contributed by atoms with Gasteiger partial charge in [0.1, 0.15) is 6.26 Å². The molecular weight excluding hydrogens is 360 g/mol. The molecule has 1 aliphatic rings. The normalized spacial score (nSPS) is 15.4. The molecule has 0 saturated carbocycles. The predicted molar refractivity (Wildman–Crippen MR) is 90.1 cm³/mol. The second kappa shape index (κ2) is 7.00. The van der Waals surface area contributed by atoms with E-state index < -0.39 is 0 Å². The Morgan fingerprint density at radius 3 is 2.43 bits per heavy atom. The molecule has 6 heteroatoms. The van der Waals surface area contributed by atoms with Gasteiger partial charge in [-0.2, -0.15) is 0 Å². The minimum Gasteiger partial charge on any atom is -0.472 e. The number of carbonyl (C=O) groups is 2. The molecule has 0 atom stereocenters. The molecular formula is C17H17BrN2O3. The second-order valence-electron chi connectivity index (χ2n) is 5.57. The highest BCUT2D eigenvalue weighted by Gasteiger charge is 2.28. The average Bonchev–Trinajstić information content (AvgIpc) is 3.11. The van der Waals surface area contributed by atoms with E-state index in [9.17, 15) is 9.59 Å². The zero-order valence-corrected chi connectivity index (χ0v) is 14.1. The van der Waals surface area contributed by atoms with Gasteiger partial charge in [-0.1, -0.05) is 15.9 Å². The van der Waals surface area contributed by atoms with Crippen molar-refractivity contribution in [2.45, 2.75) is 12.8 Å². The molecule has 0 aliphatic carbocycles. The number of nitrogens with one attached hydrogen (secondary N) is 1. The van der Waals surface area contributed by atoms with Crippen molar-refractivity contribution in [3.05, 3.63) is 52.9 Å². The molecule has 5 nitrogen and oxygen atoms in total. The number of furan rings is 1. The van der Waals surface area contributed by atoms with Crippen molar-refractivity contribution in [1.29, 1.82) is 0 Å². The van der Waals surface area contributed by atoms with Gasteiger partial charge in [0.05, 0.1) is 11.8 Å². The van der Waals surface area contributed by atoms with Crippen molar-refractivity contribution >= 4 is 33.4 Å². The lowest BCUT2D eigenvalue weighted by molar-refractivity contribution is -0.121. The van der Waals surface area contributed by atoms with E-state index in [0.717, 1.165) is 10.2 Å². The van der Waals surface area contributed by atoms with Crippen LogP contribution in [-0.2, 0) is 4.79 Å². The van der Waals surface area contributed by atoms with Crippen LogP contribution in [0.15, 0.2) is 51.7 Å². The van der Waals surface area contributed by atoms with Crippen LogP contribution in [0.2, 0.25) is 0 Å². The molecule has 1 fully saturated rings. The number of benzene rings is 1. The third kappa shape index (κ3) is 3.82. The monoisotopic (exact) mass is 376 g/mol. The van der Waals surface area contributed by atoms with Gasteiger partial charge in [0.25, 0.3) is 5.91 Å². The maximum Gasteiger partial charge on any atom is 0.257 e. The third-order valence-corrected chi connectivity index (χ3v) is 4.56. The SMILES string of the molecule is O=C(Nc1ccc(Br)cc1)C1CCN(C(=O)c2ccoc2)CC1. The van der Waals surface area contributed by atoms with Gasteiger partial charge >= 0.3 is 0 Å². The van der Waals surface area contributed by atoms with Crippen LogP contribution < -0.4 is 5.32 Å². The molecule has 1 aromatic carbocycles. The van der Waals surface area contributed by atoms with Crippen LogP contribution in [0, 0.1) is 5.92 Å². The molecule has 2 heterocycles. The summed E-state index contributed by atoms with van der Waals surface area (Å²) in [4.78, 5) is 26.3. The van der Waals surface area contributed by atoms with Crippen molar-refractivity contribution in [3.63, 3.8) is 0 Å². The van der Waals surface area contributed by atoms with Crippen LogP contribution in [0.4, 0.5) is 5.69 Å². The van der Waals surface area contributed by atoms with E-state index in [1.807, 2.05) is 24.3 Å². The van der Waals surface area contributed by atoms with Gasteiger partial charge in [0.15, 0.2) is 0 Å². The molecule has 2 amide bonds. The largest absolute Gasteiger partial charge is 0.472 e. The van der Waals surface area contributed by atoms with Crippen molar-refractivity contribution in [3.8, 4) is 0 Å². The van der Waals surface area contributed by atoms with Gasteiger partial charge in [-0.05, 0) is 43.2 Å². The zero-order chi connectivity index (χ0) is 16.2. The first-order chi connectivity index (χ1) is 11.1. The number of hydrogen-bond donors (Lipinski definition) is 1. The second-order valence-corrected chi connectivity index (χ2v) is 6.49. The Labute approximate surface area is 142 Å². The van der Waals surface area contributed by atoms with E-state index in [4.69, 9.17) is 4.42 Å². The van der Waals surface area contributed by atoms with Crippen molar-refractivity contribution < 1.29 is 14.0 Å². The predicted octanol–water partition coefficient (Wildman–Crippen LogP) is 3.53. The Morgan fingerprint density at radius 1 is 1.13 bits per heavy atom. The molecule has 1 aliphatic heterocycles. The molecule has 0 radical (unpaired) electrons. The number of hydrogen-bond acceptors (Lipinski definition) is 3. The summed E-state index contributed by atoms with van der Waals surface area (Å²) in [7, 11) is 0. The van der Waals surface area contributed by atoms with Gasteiger partial charge in [-0.25, -0.2) is 0 Å². The Bertz CT molecular complexity index is 674. The molecule has 1 saturated heterocycles. The number of nitrogens with zero attached hydrogens (tertiary/aromatic N) is 1. The van der Waals surface area contributed by atoms with Crippen LogP contribution in [0.3, 0.4) is 0 Å². The van der Waals surface area contributed by atoms with E-state index in [0.29, 0.717) is 31.5 Å². The zero-order valence-electron chi connectivity index (χ0n) is 12.5. The van der Waals surface area contributed by atoms with Crippen molar-refractivity contribution in [1.82, 2.24) is 4.90 Å². The summed E-state index contributed by atoms with van der Waals surface area (Å²) in [5.74, 6) is -0.0831. The molecule has 0 unspecified atom stereocenters. The lowest BCUT2D eigenvalue weighted by atomic mass is 9.95. The first-order valence-corrected chi connectivity index (χ1v) is 8.30. The minimum atomic E-state index is -0.0629.